The predicted molar refractivity (Wildman–Crippen MR) is 57.5 cm³/mol. The number of likely N-dealkylation sites (tertiary alicyclic amines) is 1. The Morgan fingerprint density at radius 1 is 1.20 bits per heavy atom. The molecule has 1 saturated carbocycles. The third kappa shape index (κ3) is 1.62. The lowest BCUT2D eigenvalue weighted by atomic mass is 10.3. The summed E-state index contributed by atoms with van der Waals surface area (Å²) in [7, 11) is 0. The van der Waals surface area contributed by atoms with Crippen molar-refractivity contribution in [2.45, 2.75) is 25.7 Å². The summed E-state index contributed by atoms with van der Waals surface area (Å²) < 4.78 is 0. The quantitative estimate of drug-likeness (QED) is 0.634. The van der Waals surface area contributed by atoms with Gasteiger partial charge in [0.05, 0.1) is 6.54 Å². The molecular weight excluding hydrogens is 190 g/mol. The van der Waals surface area contributed by atoms with Gasteiger partial charge in [0.1, 0.15) is 0 Å². The van der Waals surface area contributed by atoms with Gasteiger partial charge in [0.25, 0.3) is 0 Å². The molecule has 82 valence electrons. The van der Waals surface area contributed by atoms with E-state index in [2.05, 4.69) is 9.89 Å². The molecule has 4 nitrogen and oxygen atoms in total. The van der Waals surface area contributed by atoms with Crippen molar-refractivity contribution in [2.24, 2.45) is 10.9 Å². The Morgan fingerprint density at radius 3 is 2.60 bits per heavy atom. The van der Waals surface area contributed by atoms with Crippen LogP contribution in [0, 0.1) is 5.92 Å². The summed E-state index contributed by atoms with van der Waals surface area (Å²) >= 11 is 0. The van der Waals surface area contributed by atoms with Gasteiger partial charge in [-0.1, -0.05) is 0 Å². The number of carbonyl (C=O) groups excluding carboxylic acids is 1. The summed E-state index contributed by atoms with van der Waals surface area (Å²) in [4.78, 5) is 20.7. The van der Waals surface area contributed by atoms with Gasteiger partial charge in [-0.05, 0) is 25.7 Å². The van der Waals surface area contributed by atoms with E-state index in [-0.39, 0.29) is 0 Å². The maximum absolute atomic E-state index is 12.0. The third-order valence-electron chi connectivity index (χ3n) is 3.40. The van der Waals surface area contributed by atoms with Gasteiger partial charge in [-0.15, -0.1) is 0 Å². The number of hydrogen-bond acceptors (Lipinski definition) is 3. The van der Waals surface area contributed by atoms with Crippen molar-refractivity contribution in [1.29, 1.82) is 0 Å². The fourth-order valence-electron chi connectivity index (χ4n) is 2.38. The highest BCUT2D eigenvalue weighted by atomic mass is 16.2. The SMILES string of the molecule is O=C(C1CC1)N1CCN=C1N1CCCC1. The van der Waals surface area contributed by atoms with E-state index in [1.54, 1.807) is 0 Å². The second-order valence-corrected chi connectivity index (χ2v) is 4.64. The lowest BCUT2D eigenvalue weighted by Crippen LogP contribution is -2.44. The maximum Gasteiger partial charge on any atom is 0.232 e. The average Bonchev–Trinajstić information content (AvgIpc) is 2.80. The highest BCUT2D eigenvalue weighted by Crippen LogP contribution is 2.32. The smallest absolute Gasteiger partial charge is 0.232 e. The summed E-state index contributed by atoms with van der Waals surface area (Å²) in [6.07, 6.45) is 4.65. The predicted octanol–water partition coefficient (Wildman–Crippen LogP) is 0.690. The third-order valence-corrected chi connectivity index (χ3v) is 3.40. The number of rotatable bonds is 1. The number of aliphatic imine (C=N–C) groups is 1. The fraction of sp³-hybridized carbons (Fsp3) is 0.818. The molecule has 4 heteroatoms. The maximum atomic E-state index is 12.0. The Bertz CT molecular complexity index is 303. The lowest BCUT2D eigenvalue weighted by Gasteiger charge is -2.25. The summed E-state index contributed by atoms with van der Waals surface area (Å²) in [5.74, 6) is 1.60. The van der Waals surface area contributed by atoms with Crippen LogP contribution in [-0.4, -0.2) is 47.8 Å². The van der Waals surface area contributed by atoms with Crippen LogP contribution in [0.5, 0.6) is 0 Å². The molecule has 0 aromatic rings. The summed E-state index contributed by atoms with van der Waals surface area (Å²) in [5, 5.41) is 0. The molecule has 0 spiro atoms. The highest BCUT2D eigenvalue weighted by Gasteiger charge is 2.38. The molecule has 0 radical (unpaired) electrons. The fourth-order valence-corrected chi connectivity index (χ4v) is 2.38. The van der Waals surface area contributed by atoms with Gasteiger partial charge in [-0.25, -0.2) is 0 Å². The van der Waals surface area contributed by atoms with Crippen LogP contribution in [0.2, 0.25) is 0 Å². The molecule has 2 aliphatic heterocycles. The number of hydrogen-bond donors (Lipinski definition) is 0. The molecule has 1 saturated heterocycles. The number of guanidine groups is 1. The van der Waals surface area contributed by atoms with Gasteiger partial charge in [-0.2, -0.15) is 0 Å². The molecule has 15 heavy (non-hydrogen) atoms. The van der Waals surface area contributed by atoms with Crippen molar-refractivity contribution < 1.29 is 4.79 Å². The van der Waals surface area contributed by atoms with Crippen molar-refractivity contribution in [2.75, 3.05) is 26.2 Å². The summed E-state index contributed by atoms with van der Waals surface area (Å²) in [5.41, 5.74) is 0. The largest absolute Gasteiger partial charge is 0.342 e. The Morgan fingerprint density at radius 2 is 1.93 bits per heavy atom. The first-order valence-corrected chi connectivity index (χ1v) is 5.97. The van der Waals surface area contributed by atoms with Gasteiger partial charge in [0, 0.05) is 25.6 Å². The van der Waals surface area contributed by atoms with E-state index in [9.17, 15) is 4.79 Å². The Hall–Kier alpha value is -1.06. The van der Waals surface area contributed by atoms with Crippen LogP contribution < -0.4 is 0 Å². The first-order valence-electron chi connectivity index (χ1n) is 5.97. The van der Waals surface area contributed by atoms with Crippen molar-refractivity contribution in [3.05, 3.63) is 0 Å². The van der Waals surface area contributed by atoms with Crippen LogP contribution in [0.15, 0.2) is 4.99 Å². The minimum absolute atomic E-state index is 0.316. The zero-order valence-corrected chi connectivity index (χ0v) is 8.98. The van der Waals surface area contributed by atoms with Crippen molar-refractivity contribution in [3.8, 4) is 0 Å². The Labute approximate surface area is 89.9 Å². The van der Waals surface area contributed by atoms with E-state index in [0.29, 0.717) is 11.8 Å². The van der Waals surface area contributed by atoms with Crippen LogP contribution in [0.25, 0.3) is 0 Å². The number of carbonyl (C=O) groups is 1. The van der Waals surface area contributed by atoms with Crippen LogP contribution in [0.3, 0.4) is 0 Å². The van der Waals surface area contributed by atoms with Crippen LogP contribution in [-0.2, 0) is 4.79 Å². The second kappa shape index (κ2) is 3.51. The Kier molecular flexibility index (Phi) is 2.15. The van der Waals surface area contributed by atoms with E-state index in [1.807, 2.05) is 4.90 Å². The molecule has 3 aliphatic rings. The van der Waals surface area contributed by atoms with Crippen molar-refractivity contribution in [1.82, 2.24) is 9.80 Å². The van der Waals surface area contributed by atoms with E-state index in [1.165, 1.54) is 12.8 Å². The average molecular weight is 207 g/mol. The Balaban J connectivity index is 1.72. The van der Waals surface area contributed by atoms with Gasteiger partial charge in [0.15, 0.2) is 0 Å². The van der Waals surface area contributed by atoms with Crippen LogP contribution in [0.4, 0.5) is 0 Å². The van der Waals surface area contributed by atoms with E-state index < -0.39 is 0 Å². The van der Waals surface area contributed by atoms with Crippen molar-refractivity contribution in [3.63, 3.8) is 0 Å². The minimum atomic E-state index is 0.316. The molecular formula is C11H17N3O. The zero-order valence-electron chi connectivity index (χ0n) is 8.98. The molecule has 0 N–H and O–H groups in total. The highest BCUT2D eigenvalue weighted by molar-refractivity contribution is 6.00. The molecule has 1 amide bonds. The van der Waals surface area contributed by atoms with E-state index >= 15 is 0 Å². The molecule has 0 bridgehead atoms. The summed E-state index contributed by atoms with van der Waals surface area (Å²) in [6.45, 7) is 3.76. The van der Waals surface area contributed by atoms with Gasteiger partial charge >= 0.3 is 0 Å². The van der Waals surface area contributed by atoms with E-state index in [0.717, 1.165) is 45.0 Å². The van der Waals surface area contributed by atoms with Crippen LogP contribution >= 0.6 is 0 Å². The topological polar surface area (TPSA) is 35.9 Å². The molecule has 0 aromatic heterocycles. The molecule has 0 unspecified atom stereocenters. The molecule has 1 aliphatic carbocycles. The second-order valence-electron chi connectivity index (χ2n) is 4.64. The first-order chi connectivity index (χ1) is 7.36. The molecule has 0 atom stereocenters. The molecule has 3 rings (SSSR count). The number of nitrogens with zero attached hydrogens (tertiary/aromatic N) is 3. The van der Waals surface area contributed by atoms with E-state index in [4.69, 9.17) is 0 Å². The normalized spacial score (nSPS) is 26.0. The molecule has 2 heterocycles. The minimum Gasteiger partial charge on any atom is -0.342 e. The monoisotopic (exact) mass is 207 g/mol. The van der Waals surface area contributed by atoms with Gasteiger partial charge in [-0.3, -0.25) is 14.7 Å². The lowest BCUT2D eigenvalue weighted by molar-refractivity contribution is -0.128. The van der Waals surface area contributed by atoms with Gasteiger partial charge in [0.2, 0.25) is 11.9 Å². The first kappa shape index (κ1) is 9.19. The standard InChI is InChI=1S/C11H17N3O/c15-10(9-3-4-9)14-8-5-12-11(14)13-6-1-2-7-13/h9H,1-8H2. The van der Waals surface area contributed by atoms with Crippen molar-refractivity contribution >= 4 is 11.9 Å². The number of amides is 1. The van der Waals surface area contributed by atoms with Crippen LogP contribution in [0.1, 0.15) is 25.7 Å². The zero-order chi connectivity index (χ0) is 10.3. The van der Waals surface area contributed by atoms with Gasteiger partial charge < -0.3 is 4.90 Å². The summed E-state index contributed by atoms with van der Waals surface area (Å²) in [6, 6.07) is 0. The molecule has 2 fully saturated rings. The molecule has 0 aromatic carbocycles.